The first-order valence-corrected chi connectivity index (χ1v) is 7.30. The van der Waals surface area contributed by atoms with E-state index in [0.717, 1.165) is 0 Å². The van der Waals surface area contributed by atoms with Gasteiger partial charge in [0.2, 0.25) is 5.91 Å². The van der Waals surface area contributed by atoms with E-state index in [0.29, 0.717) is 26.0 Å². The van der Waals surface area contributed by atoms with Gasteiger partial charge in [-0.25, -0.2) is 0 Å². The number of amides is 2. The Kier molecular flexibility index (Phi) is 10.7. The third-order valence-corrected chi connectivity index (χ3v) is 3.15. The van der Waals surface area contributed by atoms with E-state index in [-0.39, 0.29) is 41.4 Å². The van der Waals surface area contributed by atoms with Crippen molar-refractivity contribution in [2.24, 2.45) is 5.92 Å². The Bertz CT molecular complexity index is 418. The van der Waals surface area contributed by atoms with Gasteiger partial charge in [-0.05, 0) is 18.8 Å². The summed E-state index contributed by atoms with van der Waals surface area (Å²) in [5.41, 5.74) is 0. The van der Waals surface area contributed by atoms with E-state index in [1.807, 2.05) is 13.8 Å². The number of carbonyl (C=O) groups is 3. The summed E-state index contributed by atoms with van der Waals surface area (Å²) < 4.78 is 9.60. The van der Waals surface area contributed by atoms with E-state index in [1.165, 1.54) is 0 Å². The molecule has 1 rings (SSSR count). The van der Waals surface area contributed by atoms with Crippen LogP contribution in [0.3, 0.4) is 0 Å². The van der Waals surface area contributed by atoms with E-state index in [1.54, 1.807) is 7.11 Å². The number of epoxide rings is 1. The Morgan fingerprint density at radius 1 is 1.26 bits per heavy atom. The van der Waals surface area contributed by atoms with Gasteiger partial charge in [-0.1, -0.05) is 13.8 Å². The van der Waals surface area contributed by atoms with Crippen LogP contribution in [-0.2, 0) is 23.9 Å². The van der Waals surface area contributed by atoms with Gasteiger partial charge in [0, 0.05) is 20.3 Å². The largest absolute Gasteiger partial charge is 1.00 e. The maximum Gasteiger partial charge on any atom is 1.00 e. The van der Waals surface area contributed by atoms with Gasteiger partial charge < -0.3 is 30.0 Å². The van der Waals surface area contributed by atoms with Gasteiger partial charge >= 0.3 is 29.6 Å². The summed E-state index contributed by atoms with van der Waals surface area (Å²) >= 11 is 0. The smallest absolute Gasteiger partial charge is 0.547 e. The average Bonchev–Trinajstić information content (AvgIpc) is 3.22. The van der Waals surface area contributed by atoms with Crippen LogP contribution in [0.2, 0.25) is 0 Å². The molecule has 1 aliphatic rings. The Labute approximate surface area is 157 Å². The third kappa shape index (κ3) is 8.12. The molecule has 0 aliphatic carbocycles. The molecule has 2 amide bonds. The van der Waals surface area contributed by atoms with Gasteiger partial charge in [0.05, 0.1) is 5.97 Å². The first-order chi connectivity index (χ1) is 10.4. The van der Waals surface area contributed by atoms with E-state index < -0.39 is 30.1 Å². The molecule has 0 aromatic heterocycles. The predicted molar refractivity (Wildman–Crippen MR) is 74.6 cm³/mol. The molecule has 23 heavy (non-hydrogen) atoms. The van der Waals surface area contributed by atoms with Crippen LogP contribution < -0.4 is 45.3 Å². The zero-order chi connectivity index (χ0) is 16.7. The minimum absolute atomic E-state index is 0. The van der Waals surface area contributed by atoms with Crippen molar-refractivity contribution in [2.75, 3.05) is 20.3 Å². The molecule has 0 unspecified atom stereocenters. The normalized spacial score (nSPS) is 20.3. The first kappa shape index (κ1) is 22.3. The number of aliphatic carboxylic acids is 1. The van der Waals surface area contributed by atoms with Crippen LogP contribution in [0, 0.1) is 5.92 Å². The van der Waals surface area contributed by atoms with Crippen LogP contribution in [0.1, 0.15) is 26.7 Å². The second-order valence-corrected chi connectivity index (χ2v) is 5.62. The summed E-state index contributed by atoms with van der Waals surface area (Å²) in [7, 11) is 1.58. The fraction of sp³-hybridized carbons (Fsp3) is 0.786. The number of ether oxygens (including phenoxy) is 2. The van der Waals surface area contributed by atoms with Crippen LogP contribution in [0.15, 0.2) is 0 Å². The Hall–Kier alpha value is -0.670. The van der Waals surface area contributed by atoms with E-state index in [9.17, 15) is 19.5 Å². The number of carbonyl (C=O) groups excluding carboxylic acids is 3. The summed E-state index contributed by atoms with van der Waals surface area (Å²) in [6.45, 7) is 4.83. The number of nitrogens with one attached hydrogen (secondary N) is 2. The van der Waals surface area contributed by atoms with Crippen molar-refractivity contribution in [2.45, 2.75) is 44.9 Å². The molecule has 1 heterocycles. The molecule has 1 aliphatic heterocycles. The van der Waals surface area contributed by atoms with Crippen molar-refractivity contribution in [1.82, 2.24) is 10.6 Å². The molecule has 1 fully saturated rings. The molecule has 1 saturated heterocycles. The third-order valence-electron chi connectivity index (χ3n) is 3.15. The molecule has 0 saturated carbocycles. The molecular weight excluding hydrogens is 315 g/mol. The van der Waals surface area contributed by atoms with Crippen molar-refractivity contribution >= 4 is 17.8 Å². The maximum atomic E-state index is 12.1. The van der Waals surface area contributed by atoms with E-state index in [4.69, 9.17) is 9.47 Å². The Morgan fingerprint density at radius 3 is 2.39 bits per heavy atom. The molecule has 0 spiro atoms. The monoisotopic (exact) mass is 338 g/mol. The standard InChI is InChI=1S/C14H24N2O6.Na/c1-8(2)7-9(12(17)15-5-4-6-21-3)16-13(18)10-11(22-10)14(19)20;/h8-11H,4-7H2,1-3H3,(H,15,17)(H,16,18)(H,19,20);/q;+1/p-1/t9-,10-,11-;/m0./s1. The van der Waals surface area contributed by atoms with Gasteiger partial charge in [0.25, 0.3) is 5.91 Å². The molecule has 0 aromatic rings. The van der Waals surface area contributed by atoms with Crippen molar-refractivity contribution in [3.8, 4) is 0 Å². The van der Waals surface area contributed by atoms with Gasteiger partial charge in [-0.2, -0.15) is 0 Å². The second-order valence-electron chi connectivity index (χ2n) is 5.62. The van der Waals surface area contributed by atoms with E-state index >= 15 is 0 Å². The fourth-order valence-corrected chi connectivity index (χ4v) is 2.00. The minimum Gasteiger partial charge on any atom is -0.547 e. The molecule has 3 atom stereocenters. The summed E-state index contributed by atoms with van der Waals surface area (Å²) in [5, 5.41) is 15.8. The Morgan fingerprint density at radius 2 is 1.91 bits per heavy atom. The Balaban J connectivity index is 0.00000484. The first-order valence-electron chi connectivity index (χ1n) is 7.30. The van der Waals surface area contributed by atoms with E-state index in [2.05, 4.69) is 10.6 Å². The predicted octanol–water partition coefficient (Wildman–Crippen LogP) is -4.81. The topological polar surface area (TPSA) is 120 Å². The van der Waals surface area contributed by atoms with Crippen LogP contribution in [0.4, 0.5) is 0 Å². The molecule has 126 valence electrons. The zero-order valence-corrected chi connectivity index (χ0v) is 16.1. The summed E-state index contributed by atoms with van der Waals surface area (Å²) in [5.74, 6) is -2.15. The molecule has 0 aromatic carbocycles. The van der Waals surface area contributed by atoms with Crippen molar-refractivity contribution in [1.29, 1.82) is 0 Å². The fourth-order valence-electron chi connectivity index (χ4n) is 2.00. The number of rotatable bonds is 10. The van der Waals surface area contributed by atoms with Gasteiger partial charge in [0.1, 0.15) is 12.1 Å². The molecule has 0 bridgehead atoms. The van der Waals surface area contributed by atoms with Crippen molar-refractivity contribution in [3.05, 3.63) is 0 Å². The molecular formula is C14H23N2NaO6. The van der Waals surface area contributed by atoms with Crippen molar-refractivity contribution in [3.63, 3.8) is 0 Å². The average molecular weight is 338 g/mol. The SMILES string of the molecule is COCCCNC(=O)[C@H](CC(C)C)NC(=O)[C@H]1O[C@@H]1C(=O)[O-].[Na+]. The number of carboxylic acid groups (broad SMARTS) is 1. The van der Waals surface area contributed by atoms with Crippen LogP contribution in [-0.4, -0.2) is 56.3 Å². The molecule has 0 radical (unpaired) electrons. The quantitative estimate of drug-likeness (QED) is 0.234. The van der Waals surface area contributed by atoms with Gasteiger partial charge in [0.15, 0.2) is 6.10 Å². The van der Waals surface area contributed by atoms with Crippen LogP contribution in [0.25, 0.3) is 0 Å². The number of hydrogen-bond acceptors (Lipinski definition) is 6. The number of methoxy groups -OCH3 is 1. The summed E-state index contributed by atoms with van der Waals surface area (Å²) in [4.78, 5) is 34.5. The maximum absolute atomic E-state index is 12.1. The molecule has 9 heteroatoms. The summed E-state index contributed by atoms with van der Waals surface area (Å²) in [6.07, 6.45) is -1.17. The van der Waals surface area contributed by atoms with Crippen LogP contribution >= 0.6 is 0 Å². The molecule has 8 nitrogen and oxygen atoms in total. The minimum atomic E-state index is -1.43. The van der Waals surface area contributed by atoms with Gasteiger partial charge in [-0.15, -0.1) is 0 Å². The van der Waals surface area contributed by atoms with Gasteiger partial charge in [-0.3, -0.25) is 9.59 Å². The van der Waals surface area contributed by atoms with Crippen molar-refractivity contribution < 1.29 is 58.5 Å². The molecule has 2 N–H and O–H groups in total. The zero-order valence-electron chi connectivity index (χ0n) is 14.1. The number of hydrogen-bond donors (Lipinski definition) is 2. The van der Waals surface area contributed by atoms with Crippen LogP contribution in [0.5, 0.6) is 0 Å². The second kappa shape index (κ2) is 11.0. The summed E-state index contributed by atoms with van der Waals surface area (Å²) in [6, 6.07) is -0.721. The number of carboxylic acids is 1.